The van der Waals surface area contributed by atoms with Crippen molar-refractivity contribution in [3.63, 3.8) is 0 Å². The summed E-state index contributed by atoms with van der Waals surface area (Å²) in [5.74, 6) is 0.234. The highest BCUT2D eigenvalue weighted by molar-refractivity contribution is 7.84. The SMILES string of the molecule is Cc1ccc(N)cc1S(=O)Cc1cccc([N+](=O)[O-])c1C. The minimum atomic E-state index is -1.29. The molecule has 1 unspecified atom stereocenters. The molecule has 0 saturated carbocycles. The lowest BCUT2D eigenvalue weighted by Crippen LogP contribution is -2.03. The van der Waals surface area contributed by atoms with Crippen LogP contribution >= 0.6 is 0 Å². The Labute approximate surface area is 125 Å². The van der Waals surface area contributed by atoms with E-state index < -0.39 is 15.7 Å². The number of nitrogens with zero attached hydrogens (tertiary/aromatic N) is 1. The number of hydrogen-bond donors (Lipinski definition) is 1. The van der Waals surface area contributed by atoms with Gasteiger partial charge in [0.2, 0.25) is 0 Å². The zero-order valence-corrected chi connectivity index (χ0v) is 12.6. The quantitative estimate of drug-likeness (QED) is 0.534. The molecule has 6 heteroatoms. The zero-order chi connectivity index (χ0) is 15.6. The molecule has 2 aromatic rings. The number of benzene rings is 2. The average molecular weight is 304 g/mol. The van der Waals surface area contributed by atoms with Gasteiger partial charge >= 0.3 is 0 Å². The lowest BCUT2D eigenvalue weighted by Gasteiger charge is -2.09. The minimum Gasteiger partial charge on any atom is -0.399 e. The summed E-state index contributed by atoms with van der Waals surface area (Å²) in [6.07, 6.45) is 0. The maximum absolute atomic E-state index is 12.5. The summed E-state index contributed by atoms with van der Waals surface area (Å²) in [7, 11) is -1.29. The summed E-state index contributed by atoms with van der Waals surface area (Å²) in [6.45, 7) is 3.55. The van der Waals surface area contributed by atoms with Crippen LogP contribution in [0.15, 0.2) is 41.3 Å². The Bertz CT molecular complexity index is 729. The van der Waals surface area contributed by atoms with Crippen molar-refractivity contribution in [2.75, 3.05) is 5.73 Å². The van der Waals surface area contributed by atoms with Crippen LogP contribution in [-0.2, 0) is 16.6 Å². The van der Waals surface area contributed by atoms with Gasteiger partial charge in [-0.15, -0.1) is 0 Å². The van der Waals surface area contributed by atoms with Crippen LogP contribution in [-0.4, -0.2) is 9.13 Å². The molecule has 1 atom stereocenters. The summed E-state index contributed by atoms with van der Waals surface area (Å²) < 4.78 is 12.5. The average Bonchev–Trinajstić information content (AvgIpc) is 2.43. The Hall–Kier alpha value is -2.21. The largest absolute Gasteiger partial charge is 0.399 e. The standard InChI is InChI=1S/C15H16N2O3S/c1-10-6-7-13(16)8-15(10)21(20)9-12-4-3-5-14(11(12)2)17(18)19/h3-8H,9,16H2,1-2H3. The number of aryl methyl sites for hydroxylation is 1. The summed E-state index contributed by atoms with van der Waals surface area (Å²) in [4.78, 5) is 11.2. The topological polar surface area (TPSA) is 86.2 Å². The predicted molar refractivity (Wildman–Crippen MR) is 83.5 cm³/mol. The first kappa shape index (κ1) is 15.2. The number of nitrogen functional groups attached to an aromatic ring is 1. The van der Waals surface area contributed by atoms with Crippen molar-refractivity contribution in [3.8, 4) is 0 Å². The fourth-order valence-electron chi connectivity index (χ4n) is 2.11. The van der Waals surface area contributed by atoms with E-state index in [2.05, 4.69) is 0 Å². The number of nitro benzene ring substituents is 1. The smallest absolute Gasteiger partial charge is 0.272 e. The third-order valence-corrected chi connectivity index (χ3v) is 4.86. The van der Waals surface area contributed by atoms with Gasteiger partial charge in [-0.05, 0) is 37.1 Å². The van der Waals surface area contributed by atoms with Gasteiger partial charge in [-0.1, -0.05) is 18.2 Å². The Morgan fingerprint density at radius 2 is 1.95 bits per heavy atom. The molecular weight excluding hydrogens is 288 g/mol. The van der Waals surface area contributed by atoms with Crippen molar-refractivity contribution in [3.05, 3.63) is 63.2 Å². The predicted octanol–water partition coefficient (Wildman–Crippen LogP) is 3.10. The summed E-state index contributed by atoms with van der Waals surface area (Å²) in [5, 5.41) is 10.9. The minimum absolute atomic E-state index is 0.0498. The Kier molecular flexibility index (Phi) is 4.37. The second kappa shape index (κ2) is 6.05. The van der Waals surface area contributed by atoms with E-state index in [0.29, 0.717) is 21.7 Å². The highest BCUT2D eigenvalue weighted by Gasteiger charge is 2.16. The van der Waals surface area contributed by atoms with Crippen LogP contribution in [0.2, 0.25) is 0 Å². The second-order valence-electron chi connectivity index (χ2n) is 4.83. The van der Waals surface area contributed by atoms with Gasteiger partial charge in [0.25, 0.3) is 5.69 Å². The molecular formula is C15H16N2O3S. The Morgan fingerprint density at radius 1 is 1.24 bits per heavy atom. The van der Waals surface area contributed by atoms with Crippen LogP contribution in [0.3, 0.4) is 0 Å². The van der Waals surface area contributed by atoms with Crippen LogP contribution in [0.25, 0.3) is 0 Å². The number of rotatable bonds is 4. The van der Waals surface area contributed by atoms with Crippen LogP contribution in [0.1, 0.15) is 16.7 Å². The monoisotopic (exact) mass is 304 g/mol. The van der Waals surface area contributed by atoms with Crippen LogP contribution in [0.4, 0.5) is 11.4 Å². The fourth-order valence-corrected chi connectivity index (χ4v) is 3.55. The number of hydrogen-bond acceptors (Lipinski definition) is 4. The molecule has 0 aliphatic heterocycles. The Balaban J connectivity index is 2.34. The van der Waals surface area contributed by atoms with E-state index in [1.165, 1.54) is 6.07 Å². The van der Waals surface area contributed by atoms with E-state index in [1.807, 2.05) is 13.0 Å². The van der Waals surface area contributed by atoms with Crippen LogP contribution in [0, 0.1) is 24.0 Å². The van der Waals surface area contributed by atoms with Gasteiger partial charge in [-0.25, -0.2) is 0 Å². The maximum Gasteiger partial charge on any atom is 0.272 e. The third kappa shape index (κ3) is 3.28. The van der Waals surface area contributed by atoms with E-state index in [0.717, 1.165) is 5.56 Å². The number of nitro groups is 1. The first-order chi connectivity index (χ1) is 9.90. The van der Waals surface area contributed by atoms with Crippen molar-refractivity contribution >= 4 is 22.2 Å². The van der Waals surface area contributed by atoms with Gasteiger partial charge in [0.15, 0.2) is 0 Å². The summed E-state index contributed by atoms with van der Waals surface area (Å²) >= 11 is 0. The molecule has 21 heavy (non-hydrogen) atoms. The normalized spacial score (nSPS) is 12.1. The molecule has 0 aromatic heterocycles. The molecule has 2 aromatic carbocycles. The zero-order valence-electron chi connectivity index (χ0n) is 11.8. The summed E-state index contributed by atoms with van der Waals surface area (Å²) in [6, 6.07) is 10.1. The molecule has 0 aliphatic carbocycles. The van der Waals surface area contributed by atoms with Gasteiger partial charge < -0.3 is 5.73 Å². The lowest BCUT2D eigenvalue weighted by molar-refractivity contribution is -0.385. The second-order valence-corrected chi connectivity index (χ2v) is 6.25. The summed E-state index contributed by atoms with van der Waals surface area (Å²) in [5.41, 5.74) is 8.49. The Morgan fingerprint density at radius 3 is 2.62 bits per heavy atom. The fraction of sp³-hybridized carbons (Fsp3) is 0.200. The van der Waals surface area contributed by atoms with Crippen LogP contribution < -0.4 is 5.73 Å². The molecule has 0 heterocycles. The maximum atomic E-state index is 12.5. The third-order valence-electron chi connectivity index (χ3n) is 3.36. The molecule has 0 spiro atoms. The van der Waals surface area contributed by atoms with Crippen molar-refractivity contribution in [2.24, 2.45) is 0 Å². The molecule has 2 N–H and O–H groups in total. The van der Waals surface area contributed by atoms with E-state index in [1.54, 1.807) is 31.2 Å². The first-order valence-corrected chi connectivity index (χ1v) is 7.69. The molecule has 110 valence electrons. The van der Waals surface area contributed by atoms with Gasteiger partial charge in [-0.2, -0.15) is 0 Å². The van der Waals surface area contributed by atoms with Crippen molar-refractivity contribution in [1.29, 1.82) is 0 Å². The van der Waals surface area contributed by atoms with E-state index in [9.17, 15) is 14.3 Å². The van der Waals surface area contributed by atoms with E-state index in [-0.39, 0.29) is 11.4 Å². The molecule has 0 radical (unpaired) electrons. The number of anilines is 1. The molecule has 0 amide bonds. The first-order valence-electron chi connectivity index (χ1n) is 6.37. The van der Waals surface area contributed by atoms with Crippen molar-refractivity contribution < 1.29 is 9.13 Å². The van der Waals surface area contributed by atoms with Gasteiger partial charge in [0.1, 0.15) is 0 Å². The molecule has 5 nitrogen and oxygen atoms in total. The highest BCUT2D eigenvalue weighted by Crippen LogP contribution is 2.25. The van der Waals surface area contributed by atoms with Crippen molar-refractivity contribution in [2.45, 2.75) is 24.5 Å². The molecule has 0 saturated heterocycles. The van der Waals surface area contributed by atoms with E-state index in [4.69, 9.17) is 5.73 Å². The van der Waals surface area contributed by atoms with Crippen molar-refractivity contribution in [1.82, 2.24) is 0 Å². The molecule has 2 rings (SSSR count). The number of nitrogens with two attached hydrogens (primary N) is 1. The highest BCUT2D eigenvalue weighted by atomic mass is 32.2. The lowest BCUT2D eigenvalue weighted by atomic mass is 10.1. The van der Waals surface area contributed by atoms with Gasteiger partial charge in [-0.3, -0.25) is 14.3 Å². The van der Waals surface area contributed by atoms with E-state index >= 15 is 0 Å². The molecule has 0 bridgehead atoms. The molecule has 0 aliphatic rings. The van der Waals surface area contributed by atoms with Gasteiger partial charge in [0, 0.05) is 22.2 Å². The van der Waals surface area contributed by atoms with Gasteiger partial charge in [0.05, 0.1) is 21.5 Å². The molecule has 0 fully saturated rings. The van der Waals surface area contributed by atoms with Crippen LogP contribution in [0.5, 0.6) is 0 Å².